The minimum Gasteiger partial charge on any atom is -0.379 e. The fourth-order valence-electron chi connectivity index (χ4n) is 3.30. The number of morpholine rings is 1. The molecule has 2 aliphatic heterocycles. The van der Waals surface area contributed by atoms with E-state index in [1.54, 1.807) is 6.07 Å². The largest absolute Gasteiger partial charge is 0.379 e. The lowest BCUT2D eigenvalue weighted by Crippen LogP contribution is -2.43. The summed E-state index contributed by atoms with van der Waals surface area (Å²) in [6.07, 6.45) is 1.46. The summed E-state index contributed by atoms with van der Waals surface area (Å²) < 4.78 is 32.4. The normalized spacial score (nSPS) is 20.1. The van der Waals surface area contributed by atoms with Crippen molar-refractivity contribution >= 4 is 26.6 Å². The summed E-state index contributed by atoms with van der Waals surface area (Å²) in [6.45, 7) is 5.47. The topological polar surface area (TPSA) is 74.8 Å². The number of nitrogens with one attached hydrogen (secondary N) is 1. The van der Waals surface area contributed by atoms with Gasteiger partial charge in [-0.15, -0.1) is 0 Å². The average molecular weight is 362 g/mol. The van der Waals surface area contributed by atoms with Crippen molar-refractivity contribution in [2.45, 2.75) is 4.90 Å². The molecule has 0 atom stereocenters. The van der Waals surface area contributed by atoms with E-state index in [0.717, 1.165) is 42.8 Å². The molecule has 0 bridgehead atoms. The maximum atomic E-state index is 12.8. The molecule has 2 saturated heterocycles. The summed E-state index contributed by atoms with van der Waals surface area (Å²) in [7, 11) is -3.52. The third-order valence-corrected chi connectivity index (χ3v) is 6.59. The van der Waals surface area contributed by atoms with Gasteiger partial charge in [0.25, 0.3) is 0 Å². The first kappa shape index (κ1) is 16.7. The molecule has 134 valence electrons. The molecule has 2 aliphatic rings. The van der Waals surface area contributed by atoms with E-state index in [1.807, 2.05) is 12.1 Å². The standard InChI is InChI=1S/C17H22N4O3S/c22-25(23,21-7-9-24-10-8-21)16-12-14-11-15(1-2-17(14)19-13-16)20-5-3-18-4-6-20/h1-2,11-13,18H,3-10H2. The lowest BCUT2D eigenvalue weighted by atomic mass is 10.1. The molecule has 2 aromatic rings. The van der Waals surface area contributed by atoms with E-state index in [2.05, 4.69) is 21.3 Å². The third-order valence-electron chi connectivity index (χ3n) is 4.73. The summed E-state index contributed by atoms with van der Waals surface area (Å²) in [5.74, 6) is 0. The molecular formula is C17H22N4O3S. The van der Waals surface area contributed by atoms with Gasteiger partial charge in [0.2, 0.25) is 10.0 Å². The molecule has 1 aromatic heterocycles. The highest BCUT2D eigenvalue weighted by atomic mass is 32.2. The molecule has 3 heterocycles. The van der Waals surface area contributed by atoms with Gasteiger partial charge in [-0.05, 0) is 24.3 Å². The molecule has 4 rings (SSSR count). The Morgan fingerprint density at radius 1 is 1.04 bits per heavy atom. The number of sulfonamides is 1. The number of anilines is 1. The third kappa shape index (κ3) is 3.35. The van der Waals surface area contributed by atoms with Crippen LogP contribution in [-0.4, -0.2) is 70.2 Å². The second kappa shape index (κ2) is 6.87. The number of rotatable bonds is 3. The highest BCUT2D eigenvalue weighted by molar-refractivity contribution is 7.89. The molecule has 25 heavy (non-hydrogen) atoms. The van der Waals surface area contributed by atoms with Crippen LogP contribution in [0.2, 0.25) is 0 Å². The van der Waals surface area contributed by atoms with Gasteiger partial charge in [-0.1, -0.05) is 0 Å². The van der Waals surface area contributed by atoms with E-state index in [0.29, 0.717) is 26.3 Å². The van der Waals surface area contributed by atoms with Crippen LogP contribution in [0.15, 0.2) is 35.4 Å². The fourth-order valence-corrected chi connectivity index (χ4v) is 4.69. The van der Waals surface area contributed by atoms with Gasteiger partial charge in [-0.25, -0.2) is 8.42 Å². The van der Waals surface area contributed by atoms with E-state index in [-0.39, 0.29) is 4.90 Å². The number of nitrogens with zero attached hydrogens (tertiary/aromatic N) is 3. The second-order valence-electron chi connectivity index (χ2n) is 6.30. The van der Waals surface area contributed by atoms with Crippen molar-refractivity contribution in [1.29, 1.82) is 0 Å². The van der Waals surface area contributed by atoms with Gasteiger partial charge in [0.05, 0.1) is 18.7 Å². The van der Waals surface area contributed by atoms with Crippen LogP contribution in [0.25, 0.3) is 10.9 Å². The van der Waals surface area contributed by atoms with Crippen LogP contribution >= 0.6 is 0 Å². The molecule has 2 fully saturated rings. The number of aromatic nitrogens is 1. The smallest absolute Gasteiger partial charge is 0.244 e. The number of pyridine rings is 1. The molecular weight excluding hydrogens is 340 g/mol. The quantitative estimate of drug-likeness (QED) is 0.865. The lowest BCUT2D eigenvalue weighted by Gasteiger charge is -2.29. The molecule has 0 saturated carbocycles. The summed E-state index contributed by atoms with van der Waals surface area (Å²) in [4.78, 5) is 6.91. The molecule has 1 aromatic carbocycles. The number of hydrogen-bond donors (Lipinski definition) is 1. The predicted octanol–water partition coefficient (Wildman–Crippen LogP) is 0.665. The number of fused-ring (bicyclic) bond motifs is 1. The second-order valence-corrected chi connectivity index (χ2v) is 8.24. The van der Waals surface area contributed by atoms with Crippen LogP contribution in [0.3, 0.4) is 0 Å². The summed E-state index contributed by atoms with van der Waals surface area (Å²) >= 11 is 0. The van der Waals surface area contributed by atoms with Gasteiger partial charge in [0, 0.05) is 56.5 Å². The SMILES string of the molecule is O=S(=O)(c1cnc2ccc(N3CCNCC3)cc2c1)N1CCOCC1. The Morgan fingerprint density at radius 2 is 1.80 bits per heavy atom. The first-order valence-electron chi connectivity index (χ1n) is 8.58. The van der Waals surface area contributed by atoms with E-state index in [4.69, 9.17) is 4.74 Å². The lowest BCUT2D eigenvalue weighted by molar-refractivity contribution is 0.0730. The van der Waals surface area contributed by atoms with Crippen molar-refractivity contribution in [1.82, 2.24) is 14.6 Å². The Kier molecular flexibility index (Phi) is 4.60. The van der Waals surface area contributed by atoms with Crippen molar-refractivity contribution in [3.8, 4) is 0 Å². The van der Waals surface area contributed by atoms with Gasteiger partial charge in [0.1, 0.15) is 4.90 Å². The molecule has 7 nitrogen and oxygen atoms in total. The van der Waals surface area contributed by atoms with Crippen LogP contribution in [0.4, 0.5) is 5.69 Å². The van der Waals surface area contributed by atoms with Crippen LogP contribution in [0, 0.1) is 0 Å². The maximum Gasteiger partial charge on any atom is 0.244 e. The summed E-state index contributed by atoms with van der Waals surface area (Å²) in [5, 5.41) is 4.19. The van der Waals surface area contributed by atoms with Gasteiger partial charge in [-0.2, -0.15) is 4.31 Å². The molecule has 0 amide bonds. The van der Waals surface area contributed by atoms with E-state index in [9.17, 15) is 8.42 Å². The van der Waals surface area contributed by atoms with Crippen LogP contribution in [-0.2, 0) is 14.8 Å². The van der Waals surface area contributed by atoms with Gasteiger partial charge in [-0.3, -0.25) is 4.98 Å². The Labute approximate surface area is 147 Å². The van der Waals surface area contributed by atoms with Crippen LogP contribution < -0.4 is 10.2 Å². The van der Waals surface area contributed by atoms with Crippen molar-refractivity contribution in [3.05, 3.63) is 30.5 Å². The van der Waals surface area contributed by atoms with Crippen LogP contribution in [0.5, 0.6) is 0 Å². The van der Waals surface area contributed by atoms with E-state index in [1.165, 1.54) is 10.5 Å². The molecule has 8 heteroatoms. The van der Waals surface area contributed by atoms with Crippen LogP contribution in [0.1, 0.15) is 0 Å². The zero-order valence-electron chi connectivity index (χ0n) is 14.0. The van der Waals surface area contributed by atoms with Crippen molar-refractivity contribution in [2.24, 2.45) is 0 Å². The number of ether oxygens (including phenoxy) is 1. The average Bonchev–Trinajstić information content (AvgIpc) is 2.68. The number of benzene rings is 1. The Bertz CT molecular complexity index is 859. The van der Waals surface area contributed by atoms with E-state index >= 15 is 0 Å². The van der Waals surface area contributed by atoms with Gasteiger partial charge < -0.3 is 15.0 Å². The zero-order chi connectivity index (χ0) is 17.3. The maximum absolute atomic E-state index is 12.8. The van der Waals surface area contributed by atoms with Crippen molar-refractivity contribution < 1.29 is 13.2 Å². The summed E-state index contributed by atoms with van der Waals surface area (Å²) in [5.41, 5.74) is 1.91. The summed E-state index contributed by atoms with van der Waals surface area (Å²) in [6, 6.07) is 7.78. The Balaban J connectivity index is 1.68. The predicted molar refractivity (Wildman–Crippen MR) is 96.4 cm³/mol. The van der Waals surface area contributed by atoms with Gasteiger partial charge in [0.15, 0.2) is 0 Å². The number of hydrogen-bond acceptors (Lipinski definition) is 6. The van der Waals surface area contributed by atoms with E-state index < -0.39 is 10.0 Å². The molecule has 0 aliphatic carbocycles. The fraction of sp³-hybridized carbons (Fsp3) is 0.471. The Hall–Kier alpha value is -1.74. The zero-order valence-corrected chi connectivity index (χ0v) is 14.8. The molecule has 1 N–H and O–H groups in total. The van der Waals surface area contributed by atoms with Gasteiger partial charge >= 0.3 is 0 Å². The first-order chi connectivity index (χ1) is 12.1. The van der Waals surface area contributed by atoms with Crippen molar-refractivity contribution in [3.63, 3.8) is 0 Å². The Morgan fingerprint density at radius 3 is 2.56 bits per heavy atom. The highest BCUT2D eigenvalue weighted by Crippen LogP contribution is 2.25. The van der Waals surface area contributed by atoms with Crippen molar-refractivity contribution in [2.75, 3.05) is 57.4 Å². The molecule has 0 radical (unpaired) electrons. The minimum atomic E-state index is -3.52. The molecule has 0 unspecified atom stereocenters. The monoisotopic (exact) mass is 362 g/mol. The highest BCUT2D eigenvalue weighted by Gasteiger charge is 2.26. The molecule has 0 spiro atoms. The minimum absolute atomic E-state index is 0.249. The number of piperazine rings is 1. The first-order valence-corrected chi connectivity index (χ1v) is 10.0.